The second kappa shape index (κ2) is 9.94. The minimum atomic E-state index is -0.881. The Morgan fingerprint density at radius 1 is 1.39 bits per heavy atom. The number of amides is 1. The summed E-state index contributed by atoms with van der Waals surface area (Å²) in [5.74, 6) is -0.969. The van der Waals surface area contributed by atoms with Crippen molar-refractivity contribution in [3.8, 4) is 5.75 Å². The van der Waals surface area contributed by atoms with Crippen LogP contribution in [0, 0.1) is 5.92 Å². The first kappa shape index (κ1) is 19.1. The number of carbonyl (C=O) groups excluding carboxylic acids is 1. The van der Waals surface area contributed by atoms with Gasteiger partial charge in [-0.05, 0) is 24.6 Å². The summed E-state index contributed by atoms with van der Waals surface area (Å²) >= 11 is 5.93. The number of rotatable bonds is 10. The lowest BCUT2D eigenvalue weighted by Gasteiger charge is -2.13. The Morgan fingerprint density at radius 3 is 2.74 bits per heavy atom. The van der Waals surface area contributed by atoms with Crippen LogP contribution in [-0.2, 0) is 9.59 Å². The molecule has 0 aliphatic carbocycles. The molecule has 0 spiro atoms. The zero-order chi connectivity index (χ0) is 17.2. The zero-order valence-electron chi connectivity index (χ0n) is 13.4. The molecule has 1 amide bonds. The van der Waals surface area contributed by atoms with E-state index < -0.39 is 11.9 Å². The van der Waals surface area contributed by atoms with Crippen molar-refractivity contribution in [2.75, 3.05) is 25.5 Å². The topological polar surface area (TPSA) is 87.7 Å². The Kier molecular flexibility index (Phi) is 8.26. The van der Waals surface area contributed by atoms with Gasteiger partial charge in [0.1, 0.15) is 5.75 Å². The van der Waals surface area contributed by atoms with E-state index in [1.165, 1.54) is 0 Å². The second-order valence-corrected chi connectivity index (χ2v) is 5.59. The molecule has 0 aromatic heterocycles. The minimum Gasteiger partial charge on any atom is -0.495 e. The van der Waals surface area contributed by atoms with Crippen LogP contribution in [0.5, 0.6) is 5.75 Å². The maximum absolute atomic E-state index is 11.8. The zero-order valence-corrected chi connectivity index (χ0v) is 14.2. The maximum atomic E-state index is 11.8. The van der Waals surface area contributed by atoms with Crippen molar-refractivity contribution < 1.29 is 19.4 Å². The summed E-state index contributed by atoms with van der Waals surface area (Å²) in [7, 11) is 1.56. The Labute approximate surface area is 141 Å². The van der Waals surface area contributed by atoms with E-state index in [0.29, 0.717) is 29.4 Å². The van der Waals surface area contributed by atoms with Gasteiger partial charge < -0.3 is 20.5 Å². The molecular formula is C16H23ClN2O4. The lowest BCUT2D eigenvalue weighted by molar-refractivity contribution is -0.141. The van der Waals surface area contributed by atoms with E-state index in [0.717, 1.165) is 6.42 Å². The summed E-state index contributed by atoms with van der Waals surface area (Å²) in [6.45, 7) is 2.47. The molecule has 0 bridgehead atoms. The summed E-state index contributed by atoms with van der Waals surface area (Å²) in [4.78, 5) is 22.8. The van der Waals surface area contributed by atoms with Crippen LogP contribution in [-0.4, -0.2) is 37.2 Å². The molecule has 23 heavy (non-hydrogen) atoms. The predicted molar refractivity (Wildman–Crippen MR) is 90.2 cm³/mol. The number of carboxylic acids is 1. The SMILES string of the molecule is CCCC(CNC(=O)CCNc1cc(Cl)ccc1OC)C(=O)O. The number of carboxylic acid groups (broad SMARTS) is 1. The highest BCUT2D eigenvalue weighted by atomic mass is 35.5. The van der Waals surface area contributed by atoms with Gasteiger partial charge >= 0.3 is 5.97 Å². The number of halogens is 1. The van der Waals surface area contributed by atoms with Crippen LogP contribution in [0.15, 0.2) is 18.2 Å². The minimum absolute atomic E-state index is 0.155. The molecule has 6 nitrogen and oxygen atoms in total. The van der Waals surface area contributed by atoms with Crippen molar-refractivity contribution in [1.29, 1.82) is 0 Å². The molecule has 0 fully saturated rings. The third kappa shape index (κ3) is 6.78. The Hall–Kier alpha value is -1.95. The lowest BCUT2D eigenvalue weighted by atomic mass is 10.0. The molecule has 0 aliphatic heterocycles. The largest absolute Gasteiger partial charge is 0.495 e. The van der Waals surface area contributed by atoms with Gasteiger partial charge in [0.05, 0.1) is 18.7 Å². The van der Waals surface area contributed by atoms with E-state index in [-0.39, 0.29) is 18.9 Å². The average Bonchev–Trinajstić information content (AvgIpc) is 2.51. The van der Waals surface area contributed by atoms with Gasteiger partial charge in [0.15, 0.2) is 0 Å². The molecule has 1 aromatic carbocycles. The summed E-state index contributed by atoms with van der Waals surface area (Å²) in [6.07, 6.45) is 1.55. The molecule has 1 atom stereocenters. The molecule has 128 valence electrons. The van der Waals surface area contributed by atoms with Gasteiger partial charge in [-0.1, -0.05) is 24.9 Å². The van der Waals surface area contributed by atoms with E-state index in [1.807, 2.05) is 6.92 Å². The van der Waals surface area contributed by atoms with Gasteiger partial charge in [-0.2, -0.15) is 0 Å². The van der Waals surface area contributed by atoms with Crippen molar-refractivity contribution >= 4 is 29.2 Å². The first-order chi connectivity index (χ1) is 11.0. The van der Waals surface area contributed by atoms with Crippen molar-refractivity contribution in [3.63, 3.8) is 0 Å². The Bertz CT molecular complexity index is 537. The van der Waals surface area contributed by atoms with Gasteiger partial charge in [-0.15, -0.1) is 0 Å². The van der Waals surface area contributed by atoms with Gasteiger partial charge in [-0.3, -0.25) is 9.59 Å². The molecule has 0 radical (unpaired) electrons. The number of methoxy groups -OCH3 is 1. The van der Waals surface area contributed by atoms with E-state index >= 15 is 0 Å². The molecule has 1 unspecified atom stereocenters. The van der Waals surface area contributed by atoms with Crippen LogP contribution in [0.2, 0.25) is 5.02 Å². The monoisotopic (exact) mass is 342 g/mol. The fourth-order valence-corrected chi connectivity index (χ4v) is 2.29. The number of benzene rings is 1. The highest BCUT2D eigenvalue weighted by Crippen LogP contribution is 2.27. The van der Waals surface area contributed by atoms with Crippen LogP contribution < -0.4 is 15.4 Å². The van der Waals surface area contributed by atoms with Crippen LogP contribution in [0.25, 0.3) is 0 Å². The van der Waals surface area contributed by atoms with Gasteiger partial charge in [0.25, 0.3) is 0 Å². The third-order valence-corrected chi connectivity index (χ3v) is 3.60. The standard InChI is InChI=1S/C16H23ClN2O4/c1-3-4-11(16(21)22)10-19-15(20)7-8-18-13-9-12(17)5-6-14(13)23-2/h5-6,9,11,18H,3-4,7-8,10H2,1-2H3,(H,19,20)(H,21,22). The van der Waals surface area contributed by atoms with Crippen molar-refractivity contribution in [3.05, 3.63) is 23.2 Å². The van der Waals surface area contributed by atoms with Crippen molar-refractivity contribution in [1.82, 2.24) is 5.32 Å². The van der Waals surface area contributed by atoms with Crippen LogP contribution >= 0.6 is 11.6 Å². The van der Waals surface area contributed by atoms with E-state index in [9.17, 15) is 9.59 Å². The van der Waals surface area contributed by atoms with Crippen LogP contribution in [0.1, 0.15) is 26.2 Å². The predicted octanol–water partition coefficient (Wildman–Crippen LogP) is 2.77. The summed E-state index contributed by atoms with van der Waals surface area (Å²) < 4.78 is 5.20. The molecule has 0 saturated heterocycles. The van der Waals surface area contributed by atoms with E-state index in [4.69, 9.17) is 21.4 Å². The quantitative estimate of drug-likeness (QED) is 0.608. The molecule has 7 heteroatoms. The average molecular weight is 343 g/mol. The number of carbonyl (C=O) groups is 2. The molecular weight excluding hydrogens is 320 g/mol. The molecule has 1 aromatic rings. The lowest BCUT2D eigenvalue weighted by Crippen LogP contribution is -2.33. The fraction of sp³-hybridized carbons (Fsp3) is 0.500. The number of anilines is 1. The number of nitrogens with one attached hydrogen (secondary N) is 2. The number of aliphatic carboxylic acids is 1. The van der Waals surface area contributed by atoms with Crippen molar-refractivity contribution in [2.45, 2.75) is 26.2 Å². The smallest absolute Gasteiger partial charge is 0.308 e. The van der Waals surface area contributed by atoms with Crippen LogP contribution in [0.3, 0.4) is 0 Å². The van der Waals surface area contributed by atoms with Crippen molar-refractivity contribution in [2.24, 2.45) is 5.92 Å². The Morgan fingerprint density at radius 2 is 2.13 bits per heavy atom. The first-order valence-electron chi connectivity index (χ1n) is 7.54. The molecule has 0 heterocycles. The van der Waals surface area contributed by atoms with Crippen LogP contribution in [0.4, 0.5) is 5.69 Å². The summed E-state index contributed by atoms with van der Waals surface area (Å²) in [6, 6.07) is 5.19. The van der Waals surface area contributed by atoms with Gasteiger partial charge in [0.2, 0.25) is 5.91 Å². The highest BCUT2D eigenvalue weighted by molar-refractivity contribution is 6.30. The van der Waals surface area contributed by atoms with E-state index in [2.05, 4.69) is 10.6 Å². The Balaban J connectivity index is 2.39. The normalized spacial score (nSPS) is 11.6. The van der Waals surface area contributed by atoms with Gasteiger partial charge in [0, 0.05) is 24.5 Å². The summed E-state index contributed by atoms with van der Waals surface area (Å²) in [5.41, 5.74) is 0.710. The molecule has 0 aliphatic rings. The number of hydrogen-bond donors (Lipinski definition) is 3. The van der Waals surface area contributed by atoms with E-state index in [1.54, 1.807) is 25.3 Å². The highest BCUT2D eigenvalue weighted by Gasteiger charge is 2.17. The molecule has 1 rings (SSSR count). The second-order valence-electron chi connectivity index (χ2n) is 5.15. The summed E-state index contributed by atoms with van der Waals surface area (Å²) in [5, 5.41) is 15.3. The maximum Gasteiger partial charge on any atom is 0.308 e. The molecule has 3 N–H and O–H groups in total. The number of ether oxygens (including phenoxy) is 1. The number of hydrogen-bond acceptors (Lipinski definition) is 4. The molecule has 0 saturated carbocycles. The fourth-order valence-electron chi connectivity index (χ4n) is 2.12. The first-order valence-corrected chi connectivity index (χ1v) is 7.92. The van der Waals surface area contributed by atoms with Gasteiger partial charge in [-0.25, -0.2) is 0 Å². The third-order valence-electron chi connectivity index (χ3n) is 3.36.